The topological polar surface area (TPSA) is 95.9 Å². The molecule has 1 aliphatic heterocycles. The Labute approximate surface area is 170 Å². The molecule has 4 rings (SSSR count). The number of hydrogen-bond acceptors (Lipinski definition) is 6. The van der Waals surface area contributed by atoms with Crippen molar-refractivity contribution in [2.75, 3.05) is 13.2 Å². The second kappa shape index (κ2) is 7.25. The maximum atomic E-state index is 11.7. The second-order valence-corrected chi connectivity index (χ2v) is 8.87. The number of sulfonamides is 1. The van der Waals surface area contributed by atoms with E-state index in [4.69, 9.17) is 26.2 Å². The van der Waals surface area contributed by atoms with Crippen LogP contribution < -0.4 is 19.4 Å². The fourth-order valence-corrected chi connectivity index (χ4v) is 4.82. The van der Waals surface area contributed by atoms with E-state index < -0.39 is 10.0 Å². The lowest BCUT2D eigenvalue weighted by Crippen LogP contribution is -2.15. The van der Waals surface area contributed by atoms with E-state index in [2.05, 4.69) is 4.99 Å². The van der Waals surface area contributed by atoms with Gasteiger partial charge in [-0.3, -0.25) is 0 Å². The number of ether oxygens (including phenoxy) is 2. The van der Waals surface area contributed by atoms with Gasteiger partial charge in [-0.2, -0.15) is 0 Å². The lowest BCUT2D eigenvalue weighted by Gasteiger charge is -2.18. The SMILES string of the molecule is Cn1c(-c2ccc(Cl)c(S(N)(=O)=O)c2)cs/c1=N/c1ccc2c(c1)OCCO2. The van der Waals surface area contributed by atoms with Crippen molar-refractivity contribution in [3.63, 3.8) is 0 Å². The highest BCUT2D eigenvalue weighted by Crippen LogP contribution is 2.33. The minimum absolute atomic E-state index is 0.0883. The zero-order chi connectivity index (χ0) is 19.9. The Hall–Kier alpha value is -2.33. The highest BCUT2D eigenvalue weighted by molar-refractivity contribution is 7.89. The van der Waals surface area contributed by atoms with Crippen LogP contribution in [-0.2, 0) is 17.1 Å². The van der Waals surface area contributed by atoms with E-state index in [0.29, 0.717) is 30.3 Å². The zero-order valence-corrected chi connectivity index (χ0v) is 17.1. The summed E-state index contributed by atoms with van der Waals surface area (Å²) >= 11 is 7.41. The minimum Gasteiger partial charge on any atom is -0.486 e. The molecule has 28 heavy (non-hydrogen) atoms. The standard InChI is InChI=1S/C18H16ClN3O4S2/c1-22-14(11-2-4-13(19)17(8-11)28(20,23)24)10-27-18(22)21-12-3-5-15-16(9-12)26-7-6-25-15/h2-5,8-10H,6-7H2,1H3,(H2,20,23,24)/b21-18+. The van der Waals surface area contributed by atoms with Crippen molar-refractivity contribution in [3.8, 4) is 22.8 Å². The van der Waals surface area contributed by atoms with Crippen LogP contribution >= 0.6 is 22.9 Å². The molecular weight excluding hydrogens is 422 g/mol. The van der Waals surface area contributed by atoms with Crippen molar-refractivity contribution in [2.24, 2.45) is 17.2 Å². The average molecular weight is 438 g/mol. The lowest BCUT2D eigenvalue weighted by atomic mass is 10.2. The summed E-state index contributed by atoms with van der Waals surface area (Å²) in [6.07, 6.45) is 0. The summed E-state index contributed by atoms with van der Waals surface area (Å²) in [4.78, 5) is 5.29. The van der Waals surface area contributed by atoms with E-state index in [1.54, 1.807) is 6.07 Å². The van der Waals surface area contributed by atoms with E-state index >= 15 is 0 Å². The Morgan fingerprint density at radius 1 is 1.14 bits per heavy atom. The molecule has 0 radical (unpaired) electrons. The van der Waals surface area contributed by atoms with E-state index in [-0.39, 0.29) is 9.92 Å². The second-order valence-electron chi connectivity index (χ2n) is 6.09. The molecule has 3 aromatic rings. The first kappa shape index (κ1) is 19.0. The van der Waals surface area contributed by atoms with Gasteiger partial charge in [-0.1, -0.05) is 17.7 Å². The summed E-state index contributed by atoms with van der Waals surface area (Å²) in [5, 5.41) is 7.23. The number of benzene rings is 2. The van der Waals surface area contributed by atoms with Gasteiger partial charge in [-0.25, -0.2) is 18.5 Å². The van der Waals surface area contributed by atoms with Gasteiger partial charge in [0.25, 0.3) is 0 Å². The first-order valence-corrected chi connectivity index (χ1v) is 11.0. The van der Waals surface area contributed by atoms with E-state index in [1.807, 2.05) is 35.2 Å². The molecule has 0 unspecified atom stereocenters. The summed E-state index contributed by atoms with van der Waals surface area (Å²) in [6, 6.07) is 10.2. The third kappa shape index (κ3) is 3.66. The van der Waals surface area contributed by atoms with Crippen LogP contribution in [0.25, 0.3) is 11.3 Å². The van der Waals surface area contributed by atoms with Gasteiger partial charge in [0.1, 0.15) is 18.1 Å². The highest BCUT2D eigenvalue weighted by Gasteiger charge is 2.16. The van der Waals surface area contributed by atoms with Gasteiger partial charge in [-0.15, -0.1) is 11.3 Å². The number of primary sulfonamides is 1. The molecule has 0 spiro atoms. The third-order valence-electron chi connectivity index (χ3n) is 4.21. The van der Waals surface area contributed by atoms with Gasteiger partial charge < -0.3 is 14.0 Å². The molecule has 2 aromatic carbocycles. The Kier molecular flexibility index (Phi) is 4.92. The molecule has 0 atom stereocenters. The molecule has 1 aliphatic rings. The summed E-state index contributed by atoms with van der Waals surface area (Å²) in [5.41, 5.74) is 2.20. The van der Waals surface area contributed by atoms with Crippen LogP contribution in [-0.4, -0.2) is 26.2 Å². The molecule has 1 aromatic heterocycles. The predicted molar refractivity (Wildman–Crippen MR) is 108 cm³/mol. The van der Waals surface area contributed by atoms with Gasteiger partial charge in [-0.05, 0) is 24.3 Å². The van der Waals surface area contributed by atoms with E-state index in [0.717, 1.165) is 16.2 Å². The minimum atomic E-state index is -3.91. The van der Waals surface area contributed by atoms with Crippen molar-refractivity contribution >= 4 is 38.6 Å². The van der Waals surface area contributed by atoms with Crippen molar-refractivity contribution in [3.05, 3.63) is 51.6 Å². The van der Waals surface area contributed by atoms with Crippen molar-refractivity contribution < 1.29 is 17.9 Å². The quantitative estimate of drug-likeness (QED) is 0.681. The number of thiazole rings is 1. The molecule has 10 heteroatoms. The molecule has 0 saturated carbocycles. The third-order valence-corrected chi connectivity index (χ3v) is 6.52. The molecule has 146 valence electrons. The Morgan fingerprint density at radius 2 is 1.89 bits per heavy atom. The normalized spacial score (nSPS) is 14.3. The van der Waals surface area contributed by atoms with Crippen LogP contribution in [0, 0.1) is 0 Å². The monoisotopic (exact) mass is 437 g/mol. The van der Waals surface area contributed by atoms with Gasteiger partial charge in [0, 0.05) is 24.1 Å². The molecule has 0 aliphatic carbocycles. The summed E-state index contributed by atoms with van der Waals surface area (Å²) in [6.45, 7) is 1.05. The number of hydrogen-bond donors (Lipinski definition) is 1. The van der Waals surface area contributed by atoms with Crippen molar-refractivity contribution in [1.29, 1.82) is 0 Å². The maximum Gasteiger partial charge on any atom is 0.239 e. The van der Waals surface area contributed by atoms with Crippen LogP contribution in [0.4, 0.5) is 5.69 Å². The number of nitrogens with two attached hydrogens (primary N) is 1. The summed E-state index contributed by atoms with van der Waals surface area (Å²) in [5.74, 6) is 1.38. The van der Waals surface area contributed by atoms with Crippen LogP contribution in [0.15, 0.2) is 51.7 Å². The van der Waals surface area contributed by atoms with Gasteiger partial charge in [0.15, 0.2) is 16.3 Å². The fourth-order valence-electron chi connectivity index (χ4n) is 2.83. The number of fused-ring (bicyclic) bond motifs is 1. The van der Waals surface area contributed by atoms with Crippen LogP contribution in [0.2, 0.25) is 5.02 Å². The molecule has 0 fully saturated rings. The zero-order valence-electron chi connectivity index (χ0n) is 14.8. The molecule has 0 saturated heterocycles. The number of aromatic nitrogens is 1. The van der Waals surface area contributed by atoms with Gasteiger partial charge in [0.2, 0.25) is 10.0 Å². The Balaban J connectivity index is 1.75. The number of nitrogens with zero attached hydrogens (tertiary/aromatic N) is 2. The Bertz CT molecular complexity index is 1230. The summed E-state index contributed by atoms with van der Waals surface area (Å²) in [7, 11) is -2.06. The largest absolute Gasteiger partial charge is 0.486 e. The smallest absolute Gasteiger partial charge is 0.239 e. The first-order valence-electron chi connectivity index (χ1n) is 8.24. The van der Waals surface area contributed by atoms with Crippen LogP contribution in [0.5, 0.6) is 11.5 Å². The molecule has 2 heterocycles. The van der Waals surface area contributed by atoms with Crippen molar-refractivity contribution in [1.82, 2.24) is 4.57 Å². The summed E-state index contributed by atoms with van der Waals surface area (Å²) < 4.78 is 36.5. The van der Waals surface area contributed by atoms with Gasteiger partial charge in [0.05, 0.1) is 16.4 Å². The lowest BCUT2D eigenvalue weighted by molar-refractivity contribution is 0.171. The number of halogens is 1. The molecule has 2 N–H and O–H groups in total. The van der Waals surface area contributed by atoms with Gasteiger partial charge >= 0.3 is 0 Å². The average Bonchev–Trinajstić information content (AvgIpc) is 3.01. The fraction of sp³-hybridized carbons (Fsp3) is 0.167. The van der Waals surface area contributed by atoms with Crippen molar-refractivity contribution in [2.45, 2.75) is 4.90 Å². The maximum absolute atomic E-state index is 11.7. The van der Waals surface area contributed by atoms with Crippen LogP contribution in [0.1, 0.15) is 0 Å². The predicted octanol–water partition coefficient (Wildman–Crippen LogP) is 3.06. The highest BCUT2D eigenvalue weighted by atomic mass is 35.5. The van der Waals surface area contributed by atoms with E-state index in [1.165, 1.54) is 23.5 Å². The molecular formula is C18H16ClN3O4S2. The van der Waals surface area contributed by atoms with Crippen LogP contribution in [0.3, 0.4) is 0 Å². The Morgan fingerprint density at radius 3 is 2.64 bits per heavy atom. The first-order chi connectivity index (χ1) is 13.3. The van der Waals surface area contributed by atoms with E-state index in [9.17, 15) is 8.42 Å². The molecule has 0 bridgehead atoms. The molecule has 0 amide bonds. The molecule has 7 nitrogen and oxygen atoms in total. The number of rotatable bonds is 3.